The summed E-state index contributed by atoms with van der Waals surface area (Å²) in [6.45, 7) is 1.64. The van der Waals surface area contributed by atoms with Crippen LogP contribution in [0.25, 0.3) is 0 Å². The van der Waals surface area contributed by atoms with Crippen LogP contribution in [0.2, 0.25) is 0 Å². The first-order chi connectivity index (χ1) is 6.80. The molecular formula is C9H9F2O3S-. The maximum absolute atomic E-state index is 12.1. The van der Waals surface area contributed by atoms with E-state index in [9.17, 15) is 21.8 Å². The maximum Gasteiger partial charge on any atom is 0.242 e. The molecule has 0 bridgehead atoms. The molecule has 84 valence electrons. The summed E-state index contributed by atoms with van der Waals surface area (Å²) in [4.78, 5) is -0.562. The normalized spacial score (nSPS) is 12.1. The highest BCUT2D eigenvalue weighted by Crippen LogP contribution is 2.19. The number of hydrogen-bond acceptors (Lipinski definition) is 3. The van der Waals surface area contributed by atoms with Crippen LogP contribution in [-0.2, 0) is 16.5 Å². The summed E-state index contributed by atoms with van der Waals surface area (Å²) < 4.78 is 56.5. The van der Waals surface area contributed by atoms with Crippen LogP contribution in [0.4, 0.5) is 8.78 Å². The minimum Gasteiger partial charge on any atom is -0.744 e. The standard InChI is InChI=1S/C9H10F2O3S/c1-6-2-3-8(15(12,13)14)7(4-6)5-9(10)11/h2-4,9H,5H2,1H3,(H,12,13,14)/p-1. The van der Waals surface area contributed by atoms with Gasteiger partial charge in [0.15, 0.2) is 0 Å². The second-order valence-electron chi connectivity index (χ2n) is 3.16. The quantitative estimate of drug-likeness (QED) is 0.749. The van der Waals surface area contributed by atoms with Crippen LogP contribution in [0.15, 0.2) is 23.1 Å². The molecule has 0 saturated heterocycles. The zero-order valence-electron chi connectivity index (χ0n) is 7.91. The highest BCUT2D eigenvalue weighted by molar-refractivity contribution is 7.85. The fraction of sp³-hybridized carbons (Fsp3) is 0.333. The molecule has 0 aliphatic rings. The molecule has 1 aromatic rings. The summed E-state index contributed by atoms with van der Waals surface area (Å²) in [5, 5.41) is 0. The number of aryl methyl sites for hydroxylation is 1. The van der Waals surface area contributed by atoms with Gasteiger partial charge in [-0.25, -0.2) is 17.2 Å². The van der Waals surface area contributed by atoms with Gasteiger partial charge in [0.2, 0.25) is 6.43 Å². The lowest BCUT2D eigenvalue weighted by atomic mass is 10.1. The van der Waals surface area contributed by atoms with Crippen LogP contribution in [0.1, 0.15) is 11.1 Å². The van der Waals surface area contributed by atoms with Crippen LogP contribution >= 0.6 is 0 Å². The molecule has 0 spiro atoms. The number of hydrogen-bond donors (Lipinski definition) is 0. The SMILES string of the molecule is Cc1ccc(S(=O)(=O)[O-])c(CC(F)F)c1. The molecule has 0 amide bonds. The average molecular weight is 235 g/mol. The van der Waals surface area contributed by atoms with Crippen molar-refractivity contribution in [3.63, 3.8) is 0 Å². The zero-order chi connectivity index (χ0) is 11.6. The summed E-state index contributed by atoms with van der Waals surface area (Å²) in [6.07, 6.45) is -3.40. The highest BCUT2D eigenvalue weighted by Gasteiger charge is 2.13. The van der Waals surface area contributed by atoms with Crippen molar-refractivity contribution >= 4 is 10.1 Å². The Morgan fingerprint density at radius 1 is 1.40 bits per heavy atom. The Labute approximate surface area is 86.5 Å². The van der Waals surface area contributed by atoms with E-state index in [1.807, 2.05) is 0 Å². The Morgan fingerprint density at radius 3 is 2.47 bits per heavy atom. The lowest BCUT2D eigenvalue weighted by Crippen LogP contribution is -2.07. The van der Waals surface area contributed by atoms with Gasteiger partial charge >= 0.3 is 0 Å². The van der Waals surface area contributed by atoms with Crippen LogP contribution < -0.4 is 0 Å². The molecule has 0 aromatic heterocycles. The second-order valence-corrected chi connectivity index (χ2v) is 4.51. The van der Waals surface area contributed by atoms with Crippen LogP contribution in [0.3, 0.4) is 0 Å². The summed E-state index contributed by atoms with van der Waals surface area (Å²) in [6, 6.07) is 3.76. The maximum atomic E-state index is 12.1. The summed E-state index contributed by atoms with van der Waals surface area (Å²) in [7, 11) is -4.68. The number of rotatable bonds is 3. The molecule has 1 aromatic carbocycles. The second kappa shape index (κ2) is 4.24. The molecular weight excluding hydrogens is 226 g/mol. The number of benzene rings is 1. The van der Waals surface area contributed by atoms with Gasteiger partial charge in [-0.2, -0.15) is 0 Å². The summed E-state index contributed by atoms with van der Waals surface area (Å²) in [5.74, 6) is 0. The molecule has 0 atom stereocenters. The first-order valence-corrected chi connectivity index (χ1v) is 5.55. The molecule has 1 rings (SSSR count). The molecule has 0 radical (unpaired) electrons. The topological polar surface area (TPSA) is 57.2 Å². The van der Waals surface area contributed by atoms with Crippen molar-refractivity contribution in [2.75, 3.05) is 0 Å². The Morgan fingerprint density at radius 2 is 2.00 bits per heavy atom. The minimum absolute atomic E-state index is 0.125. The van der Waals surface area contributed by atoms with Gasteiger partial charge in [-0.3, -0.25) is 0 Å². The van der Waals surface area contributed by atoms with Crippen molar-refractivity contribution < 1.29 is 21.8 Å². The van der Waals surface area contributed by atoms with E-state index in [4.69, 9.17) is 0 Å². The van der Waals surface area contributed by atoms with Crippen LogP contribution in [-0.4, -0.2) is 19.4 Å². The summed E-state index contributed by atoms with van der Waals surface area (Å²) >= 11 is 0. The lowest BCUT2D eigenvalue weighted by Gasteiger charge is -2.13. The van der Waals surface area contributed by atoms with Gasteiger partial charge in [0, 0.05) is 6.42 Å². The molecule has 15 heavy (non-hydrogen) atoms. The molecule has 0 saturated carbocycles. The van der Waals surface area contributed by atoms with E-state index >= 15 is 0 Å². The molecule has 0 aliphatic heterocycles. The van der Waals surface area contributed by atoms with E-state index in [0.717, 1.165) is 6.07 Å². The van der Waals surface area contributed by atoms with Crippen molar-refractivity contribution in [2.24, 2.45) is 0 Å². The largest absolute Gasteiger partial charge is 0.744 e. The third-order valence-corrected chi connectivity index (χ3v) is 2.80. The molecule has 0 aliphatic carbocycles. The van der Waals surface area contributed by atoms with E-state index in [1.165, 1.54) is 12.1 Å². The van der Waals surface area contributed by atoms with Crippen molar-refractivity contribution in [1.29, 1.82) is 0 Å². The molecule has 0 unspecified atom stereocenters. The van der Waals surface area contributed by atoms with Crippen molar-refractivity contribution in [1.82, 2.24) is 0 Å². The Hall–Kier alpha value is -1.01. The predicted octanol–water partition coefficient (Wildman–Crippen LogP) is 1.71. The minimum atomic E-state index is -4.68. The number of alkyl halides is 2. The summed E-state index contributed by atoms with van der Waals surface area (Å²) in [5.41, 5.74) is 0.512. The lowest BCUT2D eigenvalue weighted by molar-refractivity contribution is 0.148. The Balaban J connectivity index is 3.27. The van der Waals surface area contributed by atoms with E-state index < -0.39 is 27.9 Å². The van der Waals surface area contributed by atoms with E-state index in [0.29, 0.717) is 5.56 Å². The molecule has 0 heterocycles. The van der Waals surface area contributed by atoms with Crippen LogP contribution in [0.5, 0.6) is 0 Å². The van der Waals surface area contributed by atoms with Gasteiger partial charge in [0.05, 0.1) is 4.90 Å². The first kappa shape index (κ1) is 12.1. The monoisotopic (exact) mass is 235 g/mol. The predicted molar refractivity (Wildman–Crippen MR) is 48.9 cm³/mol. The fourth-order valence-corrected chi connectivity index (χ4v) is 1.98. The molecule has 6 heteroatoms. The zero-order valence-corrected chi connectivity index (χ0v) is 8.72. The first-order valence-electron chi connectivity index (χ1n) is 4.14. The third kappa shape index (κ3) is 3.24. The average Bonchev–Trinajstić information content (AvgIpc) is 1.99. The van der Waals surface area contributed by atoms with Crippen molar-refractivity contribution in [3.05, 3.63) is 29.3 Å². The van der Waals surface area contributed by atoms with Gasteiger partial charge in [0.25, 0.3) is 0 Å². The van der Waals surface area contributed by atoms with Gasteiger partial charge in [0.1, 0.15) is 10.1 Å². The van der Waals surface area contributed by atoms with E-state index in [1.54, 1.807) is 6.92 Å². The van der Waals surface area contributed by atoms with E-state index in [-0.39, 0.29) is 5.56 Å². The van der Waals surface area contributed by atoms with Crippen molar-refractivity contribution in [3.8, 4) is 0 Å². The van der Waals surface area contributed by atoms with Gasteiger partial charge in [-0.15, -0.1) is 0 Å². The smallest absolute Gasteiger partial charge is 0.242 e. The number of halogens is 2. The Bertz CT molecular complexity index is 454. The van der Waals surface area contributed by atoms with Gasteiger partial charge < -0.3 is 4.55 Å². The highest BCUT2D eigenvalue weighted by atomic mass is 32.2. The van der Waals surface area contributed by atoms with E-state index in [2.05, 4.69) is 0 Å². The van der Waals surface area contributed by atoms with Gasteiger partial charge in [-0.05, 0) is 18.6 Å². The molecule has 0 fully saturated rings. The van der Waals surface area contributed by atoms with Gasteiger partial charge in [-0.1, -0.05) is 17.7 Å². The third-order valence-electron chi connectivity index (χ3n) is 1.86. The van der Waals surface area contributed by atoms with Crippen LogP contribution in [0, 0.1) is 6.92 Å². The fourth-order valence-electron chi connectivity index (χ4n) is 1.28. The molecule has 0 N–H and O–H groups in total. The van der Waals surface area contributed by atoms with Crippen molar-refractivity contribution in [2.45, 2.75) is 24.7 Å². The Kier molecular flexibility index (Phi) is 3.41. The molecule has 3 nitrogen and oxygen atoms in total.